The molecule has 0 aliphatic rings. The van der Waals surface area contributed by atoms with Crippen LogP contribution in [0.3, 0.4) is 0 Å². The average molecular weight is 369 g/mol. The zero-order valence-corrected chi connectivity index (χ0v) is 12.5. The van der Waals surface area contributed by atoms with Gasteiger partial charge in [0.25, 0.3) is 0 Å². The van der Waals surface area contributed by atoms with Gasteiger partial charge in [-0.15, -0.1) is 0 Å². The van der Waals surface area contributed by atoms with E-state index >= 15 is 0 Å². The predicted octanol–water partition coefficient (Wildman–Crippen LogP) is -4.14. The molecule has 0 bridgehead atoms. The fourth-order valence-electron chi connectivity index (χ4n) is 0.797. The van der Waals surface area contributed by atoms with Crippen LogP contribution < -0.4 is 37.7 Å². The van der Waals surface area contributed by atoms with Crippen LogP contribution in [0.15, 0.2) is 5.10 Å². The number of rotatable bonds is 8. The Balaban J connectivity index is 0. The van der Waals surface area contributed by atoms with E-state index in [2.05, 4.69) is 50.6 Å². The summed E-state index contributed by atoms with van der Waals surface area (Å²) in [5, 5.41) is 6.67. The van der Waals surface area contributed by atoms with Crippen LogP contribution in [0.2, 0.25) is 0 Å². The Bertz CT molecular complexity index is 160. The third-order valence-corrected chi connectivity index (χ3v) is 4.30. The normalized spacial score (nSPS) is 13.5. The molecule has 0 aromatic rings. The second-order valence-electron chi connectivity index (χ2n) is 2.79. The first-order valence-electron chi connectivity index (χ1n) is 4.22. The molecule has 0 fully saturated rings. The van der Waals surface area contributed by atoms with E-state index in [9.17, 15) is 0 Å². The summed E-state index contributed by atoms with van der Waals surface area (Å²) < 4.78 is 2.61. The van der Waals surface area contributed by atoms with Gasteiger partial charge in [0.05, 0.1) is 0 Å². The van der Waals surface area contributed by atoms with Crippen molar-refractivity contribution >= 4 is 12.1 Å². The van der Waals surface area contributed by atoms with Crippen molar-refractivity contribution in [3.05, 3.63) is 7.05 Å². The van der Waals surface area contributed by atoms with Crippen molar-refractivity contribution in [3.63, 3.8) is 0 Å². The molecule has 0 spiro atoms. The van der Waals surface area contributed by atoms with Crippen molar-refractivity contribution < 1.29 is 41.3 Å². The number of nitrogens with zero attached hydrogens (tertiary/aromatic N) is 2. The molecule has 1 atom stereocenters. The molecular weight excluding hydrogens is 348 g/mol. The number of hydrazone groups is 1. The molecule has 0 radical (unpaired) electrons. The van der Waals surface area contributed by atoms with E-state index in [4.69, 9.17) is 5.73 Å². The number of nitrogens with two attached hydrogens (primary N) is 1. The first-order chi connectivity index (χ1) is 7.18. The zero-order valence-electron chi connectivity index (χ0n) is 9.18. The fraction of sp³-hybridized carbons (Fsp3) is 0.625. The van der Waals surface area contributed by atoms with E-state index in [1.807, 2.05) is 7.05 Å². The van der Waals surface area contributed by atoms with Crippen LogP contribution in [0, 0.1) is 7.05 Å². The summed E-state index contributed by atoms with van der Waals surface area (Å²) >= 11 is 2.74. The third kappa shape index (κ3) is 10.7. The van der Waals surface area contributed by atoms with E-state index in [1.54, 1.807) is 0 Å². The molecule has 0 heterocycles. The van der Waals surface area contributed by atoms with Crippen molar-refractivity contribution in [1.29, 1.82) is 0 Å². The van der Waals surface area contributed by atoms with Crippen LogP contribution in [0.1, 0.15) is 0 Å². The molecule has 0 saturated heterocycles. The number of hydrogen-bond donors (Lipinski definition) is 3. The number of nitrogens with one attached hydrogen (secondary N) is 2. The summed E-state index contributed by atoms with van der Waals surface area (Å²) in [6.45, 7) is 4.74. The topological polar surface area (TPSA) is 62.4 Å². The van der Waals surface area contributed by atoms with Crippen LogP contribution in [0.4, 0.5) is 0 Å². The van der Waals surface area contributed by atoms with Gasteiger partial charge in [0.1, 0.15) is 0 Å². The minimum atomic E-state index is 0.0547. The van der Waals surface area contributed by atoms with Crippen LogP contribution >= 0.6 is 0 Å². The molecule has 0 aromatic carbocycles. The summed E-state index contributed by atoms with van der Waals surface area (Å²) in [7, 11) is 5.99. The quantitative estimate of drug-likeness (QED) is 0.0389. The van der Waals surface area contributed by atoms with Gasteiger partial charge in [-0.05, 0) is 0 Å². The van der Waals surface area contributed by atoms with Crippen LogP contribution in [0.5, 0.6) is 0 Å². The van der Waals surface area contributed by atoms with E-state index in [1.165, 1.54) is 0 Å². The number of hydrogen-bond acceptors (Lipinski definition) is 4. The molecule has 7 heteroatoms. The van der Waals surface area contributed by atoms with Gasteiger partial charge in [-0.3, -0.25) is 0 Å². The van der Waals surface area contributed by atoms with Crippen molar-refractivity contribution in [3.8, 4) is 0 Å². The molecule has 0 saturated carbocycles. The Morgan fingerprint density at radius 2 is 2.20 bits per heavy atom. The van der Waals surface area contributed by atoms with Crippen molar-refractivity contribution in [2.24, 2.45) is 10.8 Å². The average Bonchev–Trinajstić information content (AvgIpc) is 2.28. The molecule has 0 aliphatic carbocycles. The molecule has 5 nitrogen and oxygen atoms in total. The fourth-order valence-corrected chi connectivity index (χ4v) is 3.06. The first kappa shape index (κ1) is 17.9. The summed E-state index contributed by atoms with van der Waals surface area (Å²) in [5.41, 5.74) is 11.6. The molecule has 93 valence electrons. The monoisotopic (exact) mass is 369 g/mol. The summed E-state index contributed by atoms with van der Waals surface area (Å²) in [6.07, 6.45) is 0. The van der Waals surface area contributed by atoms with Gasteiger partial charge in [-0.25, -0.2) is 0 Å². The molecule has 15 heavy (non-hydrogen) atoms. The second-order valence-corrected chi connectivity index (χ2v) is 5.32. The van der Waals surface area contributed by atoms with Gasteiger partial charge >= 0.3 is 112 Å². The maximum absolute atomic E-state index is 5.64. The van der Waals surface area contributed by atoms with Crippen molar-refractivity contribution in [2.45, 2.75) is 0 Å². The van der Waals surface area contributed by atoms with Gasteiger partial charge in [-0.1, -0.05) is 0 Å². The number of halogens is 1. The van der Waals surface area contributed by atoms with Crippen LogP contribution in [0.25, 0.3) is 0 Å². The molecule has 0 amide bonds. The molecule has 0 aliphatic heterocycles. The maximum atomic E-state index is 5.64. The molecular formula is C8H21IMnN5-. The third-order valence-electron chi connectivity index (χ3n) is 1.48. The standard InChI is InChI=1S/C7H19IN5.CH2.Mn/c1-10-7-13(3,6-9)5-8-4-12-11-2;;/h10,12H,2-7,9H2,1H3;1H2;/q-1;;. The molecule has 1 unspecified atom stereocenters. The Morgan fingerprint density at radius 1 is 1.60 bits per heavy atom. The molecule has 4 N–H and O–H groups in total. The Morgan fingerprint density at radius 3 is 2.60 bits per heavy atom. The van der Waals surface area contributed by atoms with E-state index in [-0.39, 0.29) is 21.2 Å². The van der Waals surface area contributed by atoms with Crippen LogP contribution in [-0.2, 0) is 15.6 Å². The summed E-state index contributed by atoms with van der Waals surface area (Å²) in [4.78, 5) is 0. The first-order valence-corrected chi connectivity index (χ1v) is 8.11. The number of alkyl halides is 2. The zero-order chi connectivity index (χ0) is 12.2. The number of quaternary nitrogens is 1. The van der Waals surface area contributed by atoms with Gasteiger partial charge in [-0.2, -0.15) is 0 Å². The predicted molar refractivity (Wildman–Crippen MR) is 58.1 cm³/mol. The van der Waals surface area contributed by atoms with Gasteiger partial charge in [0, 0.05) is 0 Å². The summed E-state index contributed by atoms with van der Waals surface area (Å²) in [5.74, 6) is 0. The van der Waals surface area contributed by atoms with Crippen LogP contribution in [-0.4, -0.2) is 46.1 Å². The van der Waals surface area contributed by atoms with Crippen molar-refractivity contribution in [1.82, 2.24) is 10.7 Å². The van der Waals surface area contributed by atoms with Gasteiger partial charge in [0.2, 0.25) is 0 Å². The SMILES string of the molecule is C=NNC[I-]C[N+]([CH2-])(CN)CNC.[CH2]=[Mn]. The van der Waals surface area contributed by atoms with Gasteiger partial charge < -0.3 is 0 Å². The molecule has 0 rings (SSSR count). The van der Waals surface area contributed by atoms with E-state index in [0.717, 1.165) is 15.8 Å². The summed E-state index contributed by atoms with van der Waals surface area (Å²) in [6, 6.07) is 0. The van der Waals surface area contributed by atoms with Gasteiger partial charge in [0.15, 0.2) is 0 Å². The van der Waals surface area contributed by atoms with E-state index < -0.39 is 0 Å². The Kier molecular flexibility index (Phi) is 14.9. The Hall–Kier alpha value is 0.469. The Labute approximate surface area is 111 Å². The minimum absolute atomic E-state index is 0.0547. The van der Waals surface area contributed by atoms with E-state index in [0.29, 0.717) is 11.2 Å². The van der Waals surface area contributed by atoms with Crippen molar-refractivity contribution in [2.75, 3.05) is 29.5 Å². The second kappa shape index (κ2) is 12.5. The molecule has 0 aromatic heterocycles.